The van der Waals surface area contributed by atoms with E-state index in [0.717, 1.165) is 6.04 Å². The van der Waals surface area contributed by atoms with E-state index in [9.17, 15) is 0 Å². The van der Waals surface area contributed by atoms with Gasteiger partial charge in [0.25, 0.3) is 0 Å². The van der Waals surface area contributed by atoms with E-state index in [1.54, 1.807) is 0 Å². The van der Waals surface area contributed by atoms with E-state index in [0.29, 0.717) is 6.04 Å². The summed E-state index contributed by atoms with van der Waals surface area (Å²) in [4.78, 5) is 2.58. The van der Waals surface area contributed by atoms with Crippen molar-refractivity contribution in [3.05, 3.63) is 0 Å². The van der Waals surface area contributed by atoms with Crippen LogP contribution in [0.4, 0.5) is 0 Å². The Labute approximate surface area is 112 Å². The largest absolute Gasteiger partial charge is 0.315 e. The van der Waals surface area contributed by atoms with Crippen LogP contribution in [-0.2, 0) is 0 Å². The molecule has 1 fully saturated rings. The van der Waals surface area contributed by atoms with Crippen LogP contribution in [0.2, 0.25) is 0 Å². The third-order valence-corrected chi connectivity index (χ3v) is 4.66. The Balaban J connectivity index is 1.86. The number of hydrogen-bond acceptors (Lipinski definition) is 3. The van der Waals surface area contributed by atoms with Crippen LogP contribution in [-0.4, -0.2) is 48.6 Å². The van der Waals surface area contributed by atoms with Crippen molar-refractivity contribution in [2.75, 3.05) is 31.6 Å². The summed E-state index contributed by atoms with van der Waals surface area (Å²) in [5.74, 6) is 2.73. The summed E-state index contributed by atoms with van der Waals surface area (Å²) in [7, 11) is 2.30. The fourth-order valence-electron chi connectivity index (χ4n) is 2.28. The molecule has 17 heavy (non-hydrogen) atoms. The Kier molecular flexibility index (Phi) is 8.33. The molecule has 0 saturated carbocycles. The second-order valence-corrected chi connectivity index (χ2v) is 6.67. The van der Waals surface area contributed by atoms with E-state index < -0.39 is 0 Å². The van der Waals surface area contributed by atoms with E-state index in [4.69, 9.17) is 0 Å². The average Bonchev–Trinajstić information content (AvgIpc) is 2.80. The highest BCUT2D eigenvalue weighted by Crippen LogP contribution is 2.21. The second-order valence-electron chi connectivity index (χ2n) is 5.52. The molecule has 0 aliphatic carbocycles. The molecule has 0 aromatic rings. The lowest BCUT2D eigenvalue weighted by Crippen LogP contribution is -2.32. The van der Waals surface area contributed by atoms with Crippen molar-refractivity contribution < 1.29 is 0 Å². The standard InChI is InChI=1S/C14H30N2S/c1-13(2)15-9-6-4-5-7-10-16(3)14-8-11-17-12-14/h13-15H,4-12H2,1-3H3. The van der Waals surface area contributed by atoms with Gasteiger partial charge in [-0.1, -0.05) is 26.7 Å². The Morgan fingerprint density at radius 2 is 2.00 bits per heavy atom. The molecule has 0 radical (unpaired) electrons. The predicted molar refractivity (Wildman–Crippen MR) is 80.0 cm³/mol. The van der Waals surface area contributed by atoms with Gasteiger partial charge >= 0.3 is 0 Å². The highest BCUT2D eigenvalue weighted by atomic mass is 32.2. The molecule has 102 valence electrons. The van der Waals surface area contributed by atoms with Gasteiger partial charge < -0.3 is 10.2 Å². The molecule has 1 N–H and O–H groups in total. The zero-order valence-corrected chi connectivity index (χ0v) is 12.7. The smallest absolute Gasteiger partial charge is 0.0191 e. The van der Waals surface area contributed by atoms with Crippen molar-refractivity contribution in [1.29, 1.82) is 0 Å². The van der Waals surface area contributed by atoms with Crippen LogP contribution >= 0.6 is 11.8 Å². The van der Waals surface area contributed by atoms with Crippen LogP contribution in [0, 0.1) is 0 Å². The number of rotatable bonds is 9. The van der Waals surface area contributed by atoms with Crippen LogP contribution < -0.4 is 5.32 Å². The molecule has 1 aliphatic rings. The lowest BCUT2D eigenvalue weighted by Gasteiger charge is -2.23. The maximum Gasteiger partial charge on any atom is 0.0191 e. The SMILES string of the molecule is CC(C)NCCCCCCN(C)C1CCSC1. The molecule has 1 saturated heterocycles. The number of thioether (sulfide) groups is 1. The second kappa shape index (κ2) is 9.23. The third-order valence-electron chi connectivity index (χ3n) is 3.52. The fraction of sp³-hybridized carbons (Fsp3) is 1.00. The first-order valence-corrected chi connectivity index (χ1v) is 8.37. The molecule has 0 spiro atoms. The summed E-state index contributed by atoms with van der Waals surface area (Å²) < 4.78 is 0. The van der Waals surface area contributed by atoms with E-state index >= 15 is 0 Å². The van der Waals surface area contributed by atoms with Crippen molar-refractivity contribution in [2.45, 2.75) is 58.0 Å². The molecule has 0 amide bonds. The monoisotopic (exact) mass is 258 g/mol. The van der Waals surface area contributed by atoms with E-state index in [1.165, 1.54) is 56.7 Å². The number of nitrogens with zero attached hydrogens (tertiary/aromatic N) is 1. The van der Waals surface area contributed by atoms with Crippen molar-refractivity contribution >= 4 is 11.8 Å². The van der Waals surface area contributed by atoms with Gasteiger partial charge in [-0.3, -0.25) is 0 Å². The number of nitrogens with one attached hydrogen (secondary N) is 1. The maximum absolute atomic E-state index is 3.48. The molecule has 1 heterocycles. The minimum absolute atomic E-state index is 0.640. The molecule has 0 aromatic carbocycles. The highest BCUT2D eigenvalue weighted by molar-refractivity contribution is 7.99. The average molecular weight is 258 g/mol. The normalized spacial score (nSPS) is 20.6. The van der Waals surface area contributed by atoms with Crippen LogP contribution in [0.25, 0.3) is 0 Å². The predicted octanol–water partition coefficient (Wildman–Crippen LogP) is 2.98. The zero-order chi connectivity index (χ0) is 12.5. The summed E-state index contributed by atoms with van der Waals surface area (Å²) in [5, 5.41) is 3.48. The van der Waals surface area contributed by atoms with Crippen molar-refractivity contribution in [3.8, 4) is 0 Å². The van der Waals surface area contributed by atoms with Gasteiger partial charge in [-0.2, -0.15) is 11.8 Å². The summed E-state index contributed by atoms with van der Waals surface area (Å²) in [5.41, 5.74) is 0. The topological polar surface area (TPSA) is 15.3 Å². The molecular formula is C14H30N2S. The number of unbranched alkanes of at least 4 members (excludes halogenated alkanes) is 3. The third kappa shape index (κ3) is 7.32. The van der Waals surface area contributed by atoms with Crippen molar-refractivity contribution in [2.24, 2.45) is 0 Å². The molecule has 1 atom stereocenters. The summed E-state index contributed by atoms with van der Waals surface area (Å²) in [6.45, 7) is 6.92. The van der Waals surface area contributed by atoms with Crippen molar-refractivity contribution in [1.82, 2.24) is 10.2 Å². The van der Waals surface area contributed by atoms with Crippen LogP contribution in [0.3, 0.4) is 0 Å². The van der Waals surface area contributed by atoms with Gasteiger partial charge in [-0.25, -0.2) is 0 Å². The molecule has 3 heteroatoms. The number of hydrogen-bond donors (Lipinski definition) is 1. The highest BCUT2D eigenvalue weighted by Gasteiger charge is 2.18. The van der Waals surface area contributed by atoms with Gasteiger partial charge in [0, 0.05) is 17.8 Å². The van der Waals surface area contributed by atoms with Crippen molar-refractivity contribution in [3.63, 3.8) is 0 Å². The molecule has 0 bridgehead atoms. The minimum Gasteiger partial charge on any atom is -0.315 e. The Morgan fingerprint density at radius 3 is 2.65 bits per heavy atom. The maximum atomic E-state index is 3.48. The molecular weight excluding hydrogens is 228 g/mol. The first-order valence-electron chi connectivity index (χ1n) is 7.21. The Bertz CT molecular complexity index is 179. The van der Waals surface area contributed by atoms with E-state index in [-0.39, 0.29) is 0 Å². The van der Waals surface area contributed by atoms with E-state index in [2.05, 4.69) is 42.9 Å². The fourth-order valence-corrected chi connectivity index (χ4v) is 3.58. The van der Waals surface area contributed by atoms with Gasteiger partial charge in [-0.15, -0.1) is 0 Å². The lowest BCUT2D eigenvalue weighted by molar-refractivity contribution is 0.256. The first-order chi connectivity index (χ1) is 8.20. The van der Waals surface area contributed by atoms with Gasteiger partial charge in [0.2, 0.25) is 0 Å². The summed E-state index contributed by atoms with van der Waals surface area (Å²) >= 11 is 2.11. The van der Waals surface area contributed by atoms with Crippen LogP contribution in [0.1, 0.15) is 46.0 Å². The molecule has 1 unspecified atom stereocenters. The first kappa shape index (κ1) is 15.3. The molecule has 1 rings (SSSR count). The quantitative estimate of drug-likeness (QED) is 0.640. The Hall–Kier alpha value is 0.270. The van der Waals surface area contributed by atoms with Crippen LogP contribution in [0.15, 0.2) is 0 Å². The van der Waals surface area contributed by atoms with Gasteiger partial charge in [-0.05, 0) is 45.2 Å². The Morgan fingerprint density at radius 1 is 1.24 bits per heavy atom. The van der Waals surface area contributed by atoms with E-state index in [1.807, 2.05) is 0 Å². The zero-order valence-electron chi connectivity index (χ0n) is 11.9. The van der Waals surface area contributed by atoms with Crippen LogP contribution in [0.5, 0.6) is 0 Å². The summed E-state index contributed by atoms with van der Waals surface area (Å²) in [6.07, 6.45) is 6.89. The van der Waals surface area contributed by atoms with Gasteiger partial charge in [0.05, 0.1) is 0 Å². The minimum atomic E-state index is 0.640. The summed E-state index contributed by atoms with van der Waals surface area (Å²) in [6, 6.07) is 1.50. The molecule has 2 nitrogen and oxygen atoms in total. The van der Waals surface area contributed by atoms with Gasteiger partial charge in [0.1, 0.15) is 0 Å². The lowest BCUT2D eigenvalue weighted by atomic mass is 10.1. The molecule has 0 aromatic heterocycles. The molecule has 1 aliphatic heterocycles. The van der Waals surface area contributed by atoms with Gasteiger partial charge in [0.15, 0.2) is 0 Å².